The van der Waals surface area contributed by atoms with Crippen molar-refractivity contribution in [1.82, 2.24) is 10.2 Å². The Kier molecular flexibility index (Phi) is 6.82. The fourth-order valence-electron chi connectivity index (χ4n) is 2.65. The Balaban J connectivity index is 2.25. The number of carboxylic acids is 1. The number of carbonyl (C=O) groups excluding carboxylic acids is 1. The summed E-state index contributed by atoms with van der Waals surface area (Å²) in [5.74, 6) is 0.185. The number of hydrogen-bond donors (Lipinski definition) is 2. The second-order valence-electron chi connectivity index (χ2n) is 6.25. The van der Waals surface area contributed by atoms with Crippen LogP contribution in [0.4, 0.5) is 4.79 Å². The summed E-state index contributed by atoms with van der Waals surface area (Å²) in [6.45, 7) is 4.77. The molecule has 1 aliphatic carbocycles. The van der Waals surface area contributed by atoms with Gasteiger partial charge in [-0.3, -0.25) is 4.79 Å². The Hall–Kier alpha value is -1.26. The van der Waals surface area contributed by atoms with Crippen molar-refractivity contribution in [2.45, 2.75) is 58.4 Å². The number of hydrogen-bond acceptors (Lipinski definition) is 2. The van der Waals surface area contributed by atoms with Gasteiger partial charge in [0.1, 0.15) is 0 Å². The summed E-state index contributed by atoms with van der Waals surface area (Å²) in [7, 11) is 1.86. The van der Waals surface area contributed by atoms with Gasteiger partial charge in [-0.15, -0.1) is 0 Å². The summed E-state index contributed by atoms with van der Waals surface area (Å²) < 4.78 is 0. The first-order chi connectivity index (χ1) is 9.40. The molecule has 0 aromatic rings. The molecule has 1 aliphatic rings. The van der Waals surface area contributed by atoms with Crippen molar-refractivity contribution >= 4 is 12.0 Å². The van der Waals surface area contributed by atoms with Gasteiger partial charge in [0.15, 0.2) is 0 Å². The van der Waals surface area contributed by atoms with E-state index in [1.54, 1.807) is 0 Å². The maximum absolute atomic E-state index is 12.1. The highest BCUT2D eigenvalue weighted by Gasteiger charge is 2.24. The van der Waals surface area contributed by atoms with Crippen molar-refractivity contribution < 1.29 is 14.7 Å². The molecule has 0 aromatic heterocycles. The number of urea groups is 1. The van der Waals surface area contributed by atoms with Crippen LogP contribution in [0, 0.1) is 11.8 Å². The summed E-state index contributed by atoms with van der Waals surface area (Å²) in [4.78, 5) is 24.4. The van der Waals surface area contributed by atoms with Crippen molar-refractivity contribution in [2.75, 3.05) is 13.6 Å². The third kappa shape index (κ3) is 5.80. The Morgan fingerprint density at radius 3 is 2.45 bits per heavy atom. The second kappa shape index (κ2) is 8.12. The van der Waals surface area contributed by atoms with E-state index in [0.29, 0.717) is 19.0 Å². The Labute approximate surface area is 121 Å². The first kappa shape index (κ1) is 16.8. The molecule has 0 spiro atoms. The number of carbonyl (C=O) groups is 2. The molecule has 1 unspecified atom stereocenters. The molecule has 2 amide bonds. The quantitative estimate of drug-likeness (QED) is 0.788. The van der Waals surface area contributed by atoms with E-state index < -0.39 is 5.97 Å². The van der Waals surface area contributed by atoms with Gasteiger partial charge < -0.3 is 15.3 Å². The number of amides is 2. The average molecular weight is 284 g/mol. The monoisotopic (exact) mass is 284 g/mol. The SMILES string of the molecule is CC1CCC(N(C)C(=O)NCC(C)CCC(=O)O)CC1. The predicted molar refractivity (Wildman–Crippen MR) is 78.6 cm³/mol. The lowest BCUT2D eigenvalue weighted by Gasteiger charge is -2.33. The van der Waals surface area contributed by atoms with Gasteiger partial charge in [0.25, 0.3) is 0 Å². The van der Waals surface area contributed by atoms with Crippen molar-refractivity contribution in [3.63, 3.8) is 0 Å². The minimum atomic E-state index is -0.781. The molecule has 1 rings (SSSR count). The molecule has 1 saturated carbocycles. The Bertz CT molecular complexity index is 325. The zero-order valence-corrected chi connectivity index (χ0v) is 12.9. The maximum Gasteiger partial charge on any atom is 0.317 e. The molecule has 1 atom stereocenters. The highest BCUT2D eigenvalue weighted by Crippen LogP contribution is 2.26. The standard InChI is InChI=1S/C15H28N2O3/c1-11-4-7-13(8-5-11)17(3)15(20)16-10-12(2)6-9-14(18)19/h11-13H,4-10H2,1-3H3,(H,16,20)(H,18,19). The van der Waals surface area contributed by atoms with E-state index in [4.69, 9.17) is 5.11 Å². The van der Waals surface area contributed by atoms with Crippen LogP contribution >= 0.6 is 0 Å². The van der Waals surface area contributed by atoms with Gasteiger partial charge in [0.2, 0.25) is 0 Å². The molecule has 5 nitrogen and oxygen atoms in total. The molecule has 116 valence electrons. The first-order valence-corrected chi connectivity index (χ1v) is 7.62. The van der Waals surface area contributed by atoms with E-state index in [9.17, 15) is 9.59 Å². The van der Waals surface area contributed by atoms with Crippen LogP contribution in [0.15, 0.2) is 0 Å². The van der Waals surface area contributed by atoms with Gasteiger partial charge in [-0.1, -0.05) is 13.8 Å². The van der Waals surface area contributed by atoms with Gasteiger partial charge >= 0.3 is 12.0 Å². The molecule has 0 aromatic carbocycles. The lowest BCUT2D eigenvalue weighted by Crippen LogP contribution is -2.45. The summed E-state index contributed by atoms with van der Waals surface area (Å²) in [5, 5.41) is 11.5. The zero-order chi connectivity index (χ0) is 15.1. The van der Waals surface area contributed by atoms with Crippen LogP contribution in [0.25, 0.3) is 0 Å². The smallest absolute Gasteiger partial charge is 0.317 e. The predicted octanol–water partition coefficient (Wildman–Crippen LogP) is 2.71. The number of carboxylic acid groups (broad SMARTS) is 1. The fourth-order valence-corrected chi connectivity index (χ4v) is 2.65. The number of nitrogens with one attached hydrogen (secondary N) is 1. The van der Waals surface area contributed by atoms with Gasteiger partial charge in [-0.2, -0.15) is 0 Å². The zero-order valence-electron chi connectivity index (χ0n) is 12.9. The normalized spacial score (nSPS) is 23.9. The Morgan fingerprint density at radius 2 is 1.90 bits per heavy atom. The molecule has 1 fully saturated rings. The molecule has 2 N–H and O–H groups in total. The van der Waals surface area contributed by atoms with E-state index in [2.05, 4.69) is 12.2 Å². The van der Waals surface area contributed by atoms with Crippen LogP contribution in [0.5, 0.6) is 0 Å². The number of rotatable bonds is 6. The minimum Gasteiger partial charge on any atom is -0.481 e. The third-order valence-corrected chi connectivity index (χ3v) is 4.31. The van der Waals surface area contributed by atoms with Crippen molar-refractivity contribution in [3.8, 4) is 0 Å². The van der Waals surface area contributed by atoms with Crippen LogP contribution in [0.1, 0.15) is 52.4 Å². The summed E-state index contributed by atoms with van der Waals surface area (Å²) in [5.41, 5.74) is 0. The molecule has 0 aliphatic heterocycles. The largest absolute Gasteiger partial charge is 0.481 e. The summed E-state index contributed by atoms with van der Waals surface area (Å²) >= 11 is 0. The molecule has 0 saturated heterocycles. The van der Waals surface area contributed by atoms with E-state index in [0.717, 1.165) is 18.8 Å². The summed E-state index contributed by atoms with van der Waals surface area (Å²) in [6, 6.07) is 0.312. The second-order valence-corrected chi connectivity index (χ2v) is 6.25. The van der Waals surface area contributed by atoms with Gasteiger partial charge in [-0.25, -0.2) is 4.79 Å². The van der Waals surface area contributed by atoms with Gasteiger partial charge in [0.05, 0.1) is 0 Å². The van der Waals surface area contributed by atoms with E-state index in [1.807, 2.05) is 18.9 Å². The molecule has 0 radical (unpaired) electrons. The lowest BCUT2D eigenvalue weighted by atomic mass is 9.87. The van der Waals surface area contributed by atoms with E-state index >= 15 is 0 Å². The molecule has 0 heterocycles. The molecular weight excluding hydrogens is 256 g/mol. The molecule has 5 heteroatoms. The number of nitrogens with zero attached hydrogens (tertiary/aromatic N) is 1. The van der Waals surface area contributed by atoms with Crippen LogP contribution < -0.4 is 5.32 Å². The molecular formula is C15H28N2O3. The minimum absolute atomic E-state index is 0.0354. The molecule has 20 heavy (non-hydrogen) atoms. The molecule has 0 bridgehead atoms. The van der Waals surface area contributed by atoms with E-state index in [-0.39, 0.29) is 18.4 Å². The van der Waals surface area contributed by atoms with Crippen molar-refractivity contribution in [1.29, 1.82) is 0 Å². The maximum atomic E-state index is 12.1. The van der Waals surface area contributed by atoms with Crippen LogP contribution in [-0.4, -0.2) is 41.6 Å². The highest BCUT2D eigenvalue weighted by molar-refractivity contribution is 5.74. The first-order valence-electron chi connectivity index (χ1n) is 7.62. The summed E-state index contributed by atoms with van der Waals surface area (Å²) in [6.07, 6.45) is 5.31. The van der Waals surface area contributed by atoms with Gasteiger partial charge in [0, 0.05) is 26.1 Å². The topological polar surface area (TPSA) is 69.6 Å². The number of aliphatic carboxylic acids is 1. The van der Waals surface area contributed by atoms with Crippen LogP contribution in [-0.2, 0) is 4.79 Å². The average Bonchev–Trinajstić information content (AvgIpc) is 2.42. The van der Waals surface area contributed by atoms with Crippen LogP contribution in [0.3, 0.4) is 0 Å². The Morgan fingerprint density at radius 1 is 1.30 bits per heavy atom. The lowest BCUT2D eigenvalue weighted by molar-refractivity contribution is -0.137. The van der Waals surface area contributed by atoms with E-state index in [1.165, 1.54) is 12.8 Å². The van der Waals surface area contributed by atoms with Crippen molar-refractivity contribution in [3.05, 3.63) is 0 Å². The fraction of sp³-hybridized carbons (Fsp3) is 0.867. The van der Waals surface area contributed by atoms with Gasteiger partial charge in [-0.05, 0) is 43.9 Å². The van der Waals surface area contributed by atoms with Crippen LogP contribution in [0.2, 0.25) is 0 Å². The van der Waals surface area contributed by atoms with Crippen molar-refractivity contribution in [2.24, 2.45) is 11.8 Å². The third-order valence-electron chi connectivity index (χ3n) is 4.31. The highest BCUT2D eigenvalue weighted by atomic mass is 16.4.